The van der Waals surface area contributed by atoms with Gasteiger partial charge in [0.1, 0.15) is 11.2 Å². The highest BCUT2D eigenvalue weighted by Crippen LogP contribution is 2.25. The largest absolute Gasteiger partial charge is 0.480 e. The first kappa shape index (κ1) is 15.1. The molecule has 0 radical (unpaired) electrons. The van der Waals surface area contributed by atoms with E-state index in [1.807, 2.05) is 24.6 Å². The van der Waals surface area contributed by atoms with Gasteiger partial charge in [0.25, 0.3) is 5.91 Å². The van der Waals surface area contributed by atoms with E-state index in [9.17, 15) is 9.59 Å². The van der Waals surface area contributed by atoms with Gasteiger partial charge in [-0.1, -0.05) is 0 Å². The molecule has 1 aromatic rings. The topological polar surface area (TPSA) is 88.6 Å². The summed E-state index contributed by atoms with van der Waals surface area (Å²) in [5.74, 6) is -1.24. The van der Waals surface area contributed by atoms with Crippen LogP contribution in [0.3, 0.4) is 0 Å². The SMILES string of the molecule is CC(C)n1cc(Br)cc1C(=O)N1CCC(N)(C(=O)O)C1. The van der Waals surface area contributed by atoms with Gasteiger partial charge in [-0.05, 0) is 42.3 Å². The molecule has 1 aliphatic heterocycles. The van der Waals surface area contributed by atoms with E-state index in [1.165, 1.54) is 4.90 Å². The van der Waals surface area contributed by atoms with Crippen LogP contribution < -0.4 is 5.73 Å². The van der Waals surface area contributed by atoms with Gasteiger partial charge in [0.2, 0.25) is 0 Å². The number of amides is 1. The normalized spacial score (nSPS) is 22.6. The van der Waals surface area contributed by atoms with Gasteiger partial charge in [-0.15, -0.1) is 0 Å². The van der Waals surface area contributed by atoms with E-state index in [1.54, 1.807) is 6.07 Å². The molecule has 1 fully saturated rings. The number of nitrogens with two attached hydrogens (primary N) is 1. The van der Waals surface area contributed by atoms with Crippen LogP contribution in [0.25, 0.3) is 0 Å². The summed E-state index contributed by atoms with van der Waals surface area (Å²) in [7, 11) is 0. The van der Waals surface area contributed by atoms with E-state index in [4.69, 9.17) is 10.8 Å². The fourth-order valence-electron chi connectivity index (χ4n) is 2.39. The highest BCUT2D eigenvalue weighted by molar-refractivity contribution is 9.10. The molecule has 1 amide bonds. The summed E-state index contributed by atoms with van der Waals surface area (Å²) in [5.41, 5.74) is 5.01. The first-order valence-corrected chi connectivity index (χ1v) is 7.23. The average molecular weight is 344 g/mol. The minimum atomic E-state index is -1.33. The lowest BCUT2D eigenvalue weighted by atomic mass is 10.0. The van der Waals surface area contributed by atoms with Crippen LogP contribution in [0.1, 0.15) is 36.8 Å². The van der Waals surface area contributed by atoms with Crippen molar-refractivity contribution in [2.75, 3.05) is 13.1 Å². The predicted molar refractivity (Wildman–Crippen MR) is 77.6 cm³/mol. The molecular formula is C13H18BrN3O3. The number of halogens is 1. The fourth-order valence-corrected chi connectivity index (χ4v) is 2.82. The number of likely N-dealkylation sites (tertiary alicyclic amines) is 1. The van der Waals surface area contributed by atoms with E-state index in [2.05, 4.69) is 15.9 Å². The highest BCUT2D eigenvalue weighted by Gasteiger charge is 2.43. The molecule has 2 rings (SSSR count). The van der Waals surface area contributed by atoms with E-state index >= 15 is 0 Å². The predicted octanol–water partition coefficient (Wildman–Crippen LogP) is 1.46. The number of carbonyl (C=O) groups is 2. The van der Waals surface area contributed by atoms with Crippen LogP contribution in [0.15, 0.2) is 16.7 Å². The Morgan fingerprint density at radius 3 is 2.65 bits per heavy atom. The fraction of sp³-hybridized carbons (Fsp3) is 0.538. The molecule has 2 heterocycles. The molecule has 0 bridgehead atoms. The van der Waals surface area contributed by atoms with E-state index in [0.717, 1.165) is 4.47 Å². The van der Waals surface area contributed by atoms with Crippen molar-refractivity contribution in [1.29, 1.82) is 0 Å². The van der Waals surface area contributed by atoms with E-state index in [0.29, 0.717) is 12.2 Å². The lowest BCUT2D eigenvalue weighted by Gasteiger charge is -2.21. The Labute approximate surface area is 125 Å². The van der Waals surface area contributed by atoms with Gasteiger partial charge >= 0.3 is 5.97 Å². The van der Waals surface area contributed by atoms with Gasteiger partial charge in [-0.3, -0.25) is 9.59 Å². The van der Waals surface area contributed by atoms with Crippen molar-refractivity contribution in [2.45, 2.75) is 31.8 Å². The monoisotopic (exact) mass is 343 g/mol. The van der Waals surface area contributed by atoms with Crippen molar-refractivity contribution < 1.29 is 14.7 Å². The molecule has 0 spiro atoms. The Hall–Kier alpha value is -1.34. The van der Waals surface area contributed by atoms with Gasteiger partial charge < -0.3 is 20.3 Å². The van der Waals surface area contributed by atoms with Crippen molar-refractivity contribution >= 4 is 27.8 Å². The number of rotatable bonds is 3. The van der Waals surface area contributed by atoms with Crippen LogP contribution in [0, 0.1) is 0 Å². The molecule has 0 aromatic carbocycles. The summed E-state index contributed by atoms with van der Waals surface area (Å²) in [6.45, 7) is 4.37. The van der Waals surface area contributed by atoms with Crippen molar-refractivity contribution in [3.05, 3.63) is 22.4 Å². The molecule has 20 heavy (non-hydrogen) atoms. The van der Waals surface area contributed by atoms with Crippen LogP contribution in [-0.2, 0) is 4.79 Å². The summed E-state index contributed by atoms with van der Waals surface area (Å²) < 4.78 is 2.69. The number of carboxylic acids is 1. The standard InChI is InChI=1S/C13H18BrN3O3/c1-8(2)17-6-9(14)5-10(17)11(18)16-4-3-13(15,7-16)12(19)20/h5-6,8H,3-4,7,15H2,1-2H3,(H,19,20). The first-order chi connectivity index (χ1) is 9.24. The Balaban J connectivity index is 2.24. The smallest absolute Gasteiger partial charge is 0.325 e. The van der Waals surface area contributed by atoms with Crippen LogP contribution in [0.5, 0.6) is 0 Å². The van der Waals surface area contributed by atoms with Crippen molar-refractivity contribution in [3.63, 3.8) is 0 Å². The van der Waals surface area contributed by atoms with Gasteiger partial charge in [0, 0.05) is 29.8 Å². The zero-order valence-electron chi connectivity index (χ0n) is 11.5. The summed E-state index contributed by atoms with van der Waals surface area (Å²) in [6.07, 6.45) is 2.12. The van der Waals surface area contributed by atoms with Crippen molar-refractivity contribution in [2.24, 2.45) is 5.73 Å². The molecule has 1 unspecified atom stereocenters. The second kappa shape index (κ2) is 5.21. The summed E-state index contributed by atoms with van der Waals surface area (Å²) in [6, 6.07) is 1.89. The number of hydrogen-bond acceptors (Lipinski definition) is 3. The zero-order valence-corrected chi connectivity index (χ0v) is 13.1. The Bertz CT molecular complexity index is 555. The average Bonchev–Trinajstić information content (AvgIpc) is 2.93. The lowest BCUT2D eigenvalue weighted by Crippen LogP contribution is -2.50. The lowest BCUT2D eigenvalue weighted by molar-refractivity contribution is -0.142. The summed E-state index contributed by atoms with van der Waals surface area (Å²) >= 11 is 3.36. The number of aromatic nitrogens is 1. The number of aliphatic carboxylic acids is 1. The van der Waals surface area contributed by atoms with Crippen molar-refractivity contribution in [3.8, 4) is 0 Å². The number of hydrogen-bond donors (Lipinski definition) is 2. The van der Waals surface area contributed by atoms with Gasteiger partial charge in [-0.2, -0.15) is 0 Å². The molecule has 1 aromatic heterocycles. The third kappa shape index (κ3) is 2.60. The Morgan fingerprint density at radius 1 is 1.50 bits per heavy atom. The molecule has 0 aliphatic carbocycles. The van der Waals surface area contributed by atoms with Gasteiger partial charge in [0.15, 0.2) is 0 Å². The molecular weight excluding hydrogens is 326 g/mol. The Morgan fingerprint density at radius 2 is 2.15 bits per heavy atom. The van der Waals surface area contributed by atoms with Crippen LogP contribution >= 0.6 is 15.9 Å². The molecule has 1 atom stereocenters. The van der Waals surface area contributed by atoms with Crippen LogP contribution in [0.4, 0.5) is 0 Å². The molecule has 1 saturated heterocycles. The zero-order chi connectivity index (χ0) is 15.1. The summed E-state index contributed by atoms with van der Waals surface area (Å²) in [5, 5.41) is 9.11. The molecule has 1 aliphatic rings. The highest BCUT2D eigenvalue weighted by atomic mass is 79.9. The molecule has 7 heteroatoms. The number of carbonyl (C=O) groups excluding carboxylic acids is 1. The number of nitrogens with zero attached hydrogens (tertiary/aromatic N) is 2. The van der Waals surface area contributed by atoms with Gasteiger partial charge in [0.05, 0.1) is 0 Å². The minimum Gasteiger partial charge on any atom is -0.480 e. The maximum Gasteiger partial charge on any atom is 0.325 e. The van der Waals surface area contributed by atoms with E-state index < -0.39 is 11.5 Å². The van der Waals surface area contributed by atoms with E-state index in [-0.39, 0.29) is 24.9 Å². The molecule has 0 saturated carbocycles. The maximum absolute atomic E-state index is 12.5. The van der Waals surface area contributed by atoms with Crippen LogP contribution in [-0.4, -0.2) is 45.1 Å². The van der Waals surface area contributed by atoms with Crippen LogP contribution in [0.2, 0.25) is 0 Å². The molecule has 110 valence electrons. The van der Waals surface area contributed by atoms with Crippen molar-refractivity contribution in [1.82, 2.24) is 9.47 Å². The Kier molecular flexibility index (Phi) is 3.93. The first-order valence-electron chi connectivity index (χ1n) is 6.43. The summed E-state index contributed by atoms with van der Waals surface area (Å²) in [4.78, 5) is 25.2. The second-order valence-electron chi connectivity index (χ2n) is 5.48. The quantitative estimate of drug-likeness (QED) is 0.869. The number of carboxylic acid groups (broad SMARTS) is 1. The second-order valence-corrected chi connectivity index (χ2v) is 6.40. The maximum atomic E-state index is 12.5. The van der Waals surface area contributed by atoms with Gasteiger partial charge in [-0.25, -0.2) is 0 Å². The minimum absolute atomic E-state index is 0.0437. The third-order valence-electron chi connectivity index (χ3n) is 3.60. The third-order valence-corrected chi connectivity index (χ3v) is 4.04. The molecule has 6 nitrogen and oxygen atoms in total. The molecule has 3 N–H and O–H groups in total.